The maximum absolute atomic E-state index is 12.8. The molecule has 28 heavy (non-hydrogen) atoms. The number of carbonyl (C=O) groups excluding carboxylic acids is 2. The molecule has 1 aliphatic carbocycles. The van der Waals surface area contributed by atoms with E-state index >= 15 is 0 Å². The molecule has 1 aliphatic heterocycles. The first-order chi connectivity index (χ1) is 13.6. The molecular formula is C22H26N4O2. The van der Waals surface area contributed by atoms with Gasteiger partial charge in [-0.2, -0.15) is 0 Å². The minimum absolute atomic E-state index is 0.0214. The van der Waals surface area contributed by atoms with Gasteiger partial charge in [-0.15, -0.1) is 0 Å². The van der Waals surface area contributed by atoms with Crippen molar-refractivity contribution in [3.63, 3.8) is 0 Å². The predicted octanol–water partition coefficient (Wildman–Crippen LogP) is 2.66. The average Bonchev–Trinajstić information content (AvgIpc) is 3.26. The van der Waals surface area contributed by atoms with Crippen molar-refractivity contribution >= 4 is 11.9 Å². The Morgan fingerprint density at radius 3 is 2.75 bits per heavy atom. The van der Waals surface area contributed by atoms with E-state index in [1.807, 2.05) is 60.5 Å². The SMILES string of the molecule is CN(Cc1ccccn1)C(=O)[C@@H]1C[C@]12CCN(C(=O)NCc1ccccc1)C2. The Balaban J connectivity index is 1.28. The van der Waals surface area contributed by atoms with E-state index in [9.17, 15) is 9.59 Å². The first-order valence-electron chi connectivity index (χ1n) is 9.79. The summed E-state index contributed by atoms with van der Waals surface area (Å²) < 4.78 is 0. The molecule has 2 aliphatic rings. The maximum Gasteiger partial charge on any atom is 0.317 e. The van der Waals surface area contributed by atoms with Crippen molar-refractivity contribution < 1.29 is 9.59 Å². The second-order valence-electron chi connectivity index (χ2n) is 7.95. The highest BCUT2D eigenvalue weighted by Gasteiger charge is 2.61. The van der Waals surface area contributed by atoms with Gasteiger partial charge in [0.05, 0.1) is 12.2 Å². The van der Waals surface area contributed by atoms with Crippen LogP contribution in [0, 0.1) is 11.3 Å². The highest BCUT2D eigenvalue weighted by Crippen LogP contribution is 2.59. The standard InChI is InChI=1S/C22H26N4O2/c1-25(15-18-9-5-6-11-23-18)20(27)19-13-22(19)10-12-26(16-22)21(28)24-14-17-7-3-2-4-8-17/h2-9,11,19H,10,12-16H2,1H3,(H,24,28)/t19-,22-/m0/s1. The first-order valence-corrected chi connectivity index (χ1v) is 9.79. The van der Waals surface area contributed by atoms with Gasteiger partial charge < -0.3 is 15.1 Å². The molecule has 3 amide bonds. The summed E-state index contributed by atoms with van der Waals surface area (Å²) in [5, 5.41) is 2.99. The van der Waals surface area contributed by atoms with E-state index in [1.165, 1.54) is 0 Å². The van der Waals surface area contributed by atoms with E-state index in [-0.39, 0.29) is 23.3 Å². The van der Waals surface area contributed by atoms with Crippen LogP contribution in [0.25, 0.3) is 0 Å². The van der Waals surface area contributed by atoms with E-state index in [2.05, 4.69) is 10.3 Å². The molecule has 2 aromatic rings. The lowest BCUT2D eigenvalue weighted by atomic mass is 10.0. The molecule has 1 saturated carbocycles. The van der Waals surface area contributed by atoms with Gasteiger partial charge in [0.2, 0.25) is 5.91 Å². The highest BCUT2D eigenvalue weighted by atomic mass is 16.2. The Kier molecular flexibility index (Phi) is 5.03. The summed E-state index contributed by atoms with van der Waals surface area (Å²) in [7, 11) is 1.84. The lowest BCUT2D eigenvalue weighted by Crippen LogP contribution is -2.38. The van der Waals surface area contributed by atoms with E-state index in [4.69, 9.17) is 0 Å². The summed E-state index contributed by atoms with van der Waals surface area (Å²) in [6, 6.07) is 15.6. The Morgan fingerprint density at radius 1 is 1.21 bits per heavy atom. The molecule has 2 heterocycles. The van der Waals surface area contributed by atoms with Gasteiger partial charge in [-0.25, -0.2) is 4.79 Å². The number of nitrogens with one attached hydrogen (secondary N) is 1. The molecule has 6 heteroatoms. The number of rotatable bonds is 5. The van der Waals surface area contributed by atoms with Gasteiger partial charge >= 0.3 is 6.03 Å². The molecule has 0 radical (unpaired) electrons. The lowest BCUT2D eigenvalue weighted by Gasteiger charge is -2.20. The number of benzene rings is 1. The summed E-state index contributed by atoms with van der Waals surface area (Å²) in [6.45, 7) is 2.43. The molecule has 1 spiro atoms. The van der Waals surface area contributed by atoms with Crippen LogP contribution in [0.5, 0.6) is 0 Å². The zero-order valence-electron chi connectivity index (χ0n) is 16.2. The maximum atomic E-state index is 12.8. The molecule has 1 N–H and O–H groups in total. The molecule has 2 atom stereocenters. The monoisotopic (exact) mass is 378 g/mol. The van der Waals surface area contributed by atoms with Crippen LogP contribution in [-0.4, -0.2) is 46.9 Å². The fourth-order valence-electron chi connectivity index (χ4n) is 4.18. The smallest absolute Gasteiger partial charge is 0.317 e. The largest absolute Gasteiger partial charge is 0.340 e. The van der Waals surface area contributed by atoms with Crippen molar-refractivity contribution in [2.75, 3.05) is 20.1 Å². The Morgan fingerprint density at radius 2 is 2.00 bits per heavy atom. The van der Waals surface area contributed by atoms with Crippen molar-refractivity contribution in [3.05, 3.63) is 66.0 Å². The third-order valence-electron chi connectivity index (χ3n) is 5.95. The van der Waals surface area contributed by atoms with Crippen molar-refractivity contribution in [3.8, 4) is 0 Å². The predicted molar refractivity (Wildman–Crippen MR) is 106 cm³/mol. The summed E-state index contributed by atoms with van der Waals surface area (Å²) >= 11 is 0. The van der Waals surface area contributed by atoms with Crippen LogP contribution in [-0.2, 0) is 17.9 Å². The fourth-order valence-corrected chi connectivity index (χ4v) is 4.18. The van der Waals surface area contributed by atoms with Crippen LogP contribution in [0.4, 0.5) is 4.79 Å². The number of hydrogen-bond acceptors (Lipinski definition) is 3. The zero-order chi connectivity index (χ0) is 19.6. The van der Waals surface area contributed by atoms with Crippen molar-refractivity contribution in [1.29, 1.82) is 0 Å². The molecule has 4 rings (SSSR count). The molecule has 6 nitrogen and oxygen atoms in total. The number of aromatic nitrogens is 1. The minimum atomic E-state index is -0.0410. The number of carbonyl (C=O) groups is 2. The highest BCUT2D eigenvalue weighted by molar-refractivity contribution is 5.83. The molecule has 0 bridgehead atoms. The van der Waals surface area contributed by atoms with Crippen LogP contribution in [0.2, 0.25) is 0 Å². The van der Waals surface area contributed by atoms with Gasteiger partial charge in [0.1, 0.15) is 0 Å². The van der Waals surface area contributed by atoms with E-state index < -0.39 is 0 Å². The Labute approximate surface area is 165 Å². The van der Waals surface area contributed by atoms with E-state index in [1.54, 1.807) is 11.1 Å². The van der Waals surface area contributed by atoms with Gasteiger partial charge in [-0.05, 0) is 30.5 Å². The van der Waals surface area contributed by atoms with Gasteiger partial charge in [0.15, 0.2) is 0 Å². The van der Waals surface area contributed by atoms with Crippen molar-refractivity contribution in [2.45, 2.75) is 25.9 Å². The number of urea groups is 1. The normalized spacial score (nSPS) is 22.9. The van der Waals surface area contributed by atoms with Crippen LogP contribution < -0.4 is 5.32 Å². The summed E-state index contributed by atoms with van der Waals surface area (Å²) in [5.41, 5.74) is 1.95. The van der Waals surface area contributed by atoms with Gasteiger partial charge in [0.25, 0.3) is 0 Å². The molecule has 0 unspecified atom stereocenters. The average molecular weight is 378 g/mol. The van der Waals surface area contributed by atoms with E-state index in [0.717, 1.165) is 24.1 Å². The minimum Gasteiger partial charge on any atom is -0.340 e. The fraction of sp³-hybridized carbons (Fsp3) is 0.409. The van der Waals surface area contributed by atoms with Crippen molar-refractivity contribution in [2.24, 2.45) is 11.3 Å². The van der Waals surface area contributed by atoms with Crippen LogP contribution in [0.15, 0.2) is 54.7 Å². The van der Waals surface area contributed by atoms with Crippen LogP contribution in [0.1, 0.15) is 24.1 Å². The molecule has 1 aromatic heterocycles. The number of amides is 3. The zero-order valence-corrected chi connectivity index (χ0v) is 16.2. The van der Waals surface area contributed by atoms with Crippen molar-refractivity contribution in [1.82, 2.24) is 20.1 Å². The Hall–Kier alpha value is -2.89. The number of likely N-dealkylation sites (tertiary alicyclic amines) is 1. The molecule has 1 saturated heterocycles. The second-order valence-corrected chi connectivity index (χ2v) is 7.95. The third-order valence-corrected chi connectivity index (χ3v) is 5.95. The summed E-state index contributed by atoms with van der Waals surface area (Å²) in [4.78, 5) is 33.2. The topological polar surface area (TPSA) is 65.5 Å². The Bertz CT molecular complexity index is 842. The third kappa shape index (κ3) is 3.86. The van der Waals surface area contributed by atoms with Gasteiger partial charge in [-0.3, -0.25) is 9.78 Å². The van der Waals surface area contributed by atoms with Crippen LogP contribution >= 0.6 is 0 Å². The number of pyridine rings is 1. The quantitative estimate of drug-likeness (QED) is 0.870. The summed E-state index contributed by atoms with van der Waals surface area (Å²) in [5.74, 6) is 0.185. The lowest BCUT2D eigenvalue weighted by molar-refractivity contribution is -0.132. The van der Waals surface area contributed by atoms with Crippen LogP contribution in [0.3, 0.4) is 0 Å². The molecule has 1 aromatic carbocycles. The number of hydrogen-bond donors (Lipinski definition) is 1. The molecule has 146 valence electrons. The summed E-state index contributed by atoms with van der Waals surface area (Å²) in [6.07, 6.45) is 3.52. The molecule has 2 fully saturated rings. The number of nitrogens with zero attached hydrogens (tertiary/aromatic N) is 3. The van der Waals surface area contributed by atoms with Gasteiger partial charge in [0, 0.05) is 44.2 Å². The first kappa shape index (κ1) is 18.5. The second kappa shape index (κ2) is 7.62. The molecular weight excluding hydrogens is 352 g/mol. The van der Waals surface area contributed by atoms with E-state index in [0.29, 0.717) is 26.2 Å². The van der Waals surface area contributed by atoms with Gasteiger partial charge in [-0.1, -0.05) is 36.4 Å².